The fraction of sp³-hybridized carbons (Fsp3) is 0.316. The highest BCUT2D eigenvalue weighted by atomic mass is 35.5. The van der Waals surface area contributed by atoms with Crippen LogP contribution in [0, 0.1) is 5.82 Å². The van der Waals surface area contributed by atoms with Crippen LogP contribution in [0.2, 0.25) is 10.0 Å². The Balaban J connectivity index is 1.78. The molecule has 1 amide bonds. The van der Waals surface area contributed by atoms with Gasteiger partial charge < -0.3 is 15.0 Å². The lowest BCUT2D eigenvalue weighted by Crippen LogP contribution is -2.45. The average molecular weight is 397 g/mol. The second kappa shape index (κ2) is 8.25. The first kappa shape index (κ1) is 19.0. The molecular weight excluding hydrogens is 378 g/mol. The molecule has 26 heavy (non-hydrogen) atoms. The number of halogens is 3. The van der Waals surface area contributed by atoms with Crippen LogP contribution >= 0.6 is 23.2 Å². The van der Waals surface area contributed by atoms with E-state index in [0.717, 1.165) is 12.1 Å². The van der Waals surface area contributed by atoms with Gasteiger partial charge in [-0.05, 0) is 48.9 Å². The number of ether oxygens (including phenoxy) is 1. The van der Waals surface area contributed by atoms with E-state index in [-0.39, 0.29) is 17.8 Å². The summed E-state index contributed by atoms with van der Waals surface area (Å²) in [6.07, 6.45) is -0.460. The van der Waals surface area contributed by atoms with E-state index in [0.29, 0.717) is 28.9 Å². The average Bonchev–Trinajstić information content (AvgIpc) is 3.09. The molecule has 0 aromatic heterocycles. The summed E-state index contributed by atoms with van der Waals surface area (Å²) in [6, 6.07) is 10.8. The molecule has 1 fully saturated rings. The van der Waals surface area contributed by atoms with Crippen LogP contribution in [0.15, 0.2) is 42.5 Å². The molecule has 4 nitrogen and oxygen atoms in total. The summed E-state index contributed by atoms with van der Waals surface area (Å²) in [5, 5.41) is 4.31. The zero-order chi connectivity index (χ0) is 18.7. The van der Waals surface area contributed by atoms with E-state index in [4.69, 9.17) is 27.9 Å². The molecule has 0 radical (unpaired) electrons. The van der Waals surface area contributed by atoms with Crippen LogP contribution in [-0.4, -0.2) is 36.7 Å². The Morgan fingerprint density at radius 3 is 2.58 bits per heavy atom. The Morgan fingerprint density at radius 2 is 1.92 bits per heavy atom. The van der Waals surface area contributed by atoms with Gasteiger partial charge in [-0.1, -0.05) is 29.3 Å². The largest absolute Gasteiger partial charge is 0.415 e. The highest BCUT2D eigenvalue weighted by Crippen LogP contribution is 2.32. The predicted octanol–water partition coefficient (Wildman–Crippen LogP) is 4.71. The van der Waals surface area contributed by atoms with Crippen molar-refractivity contribution in [1.82, 2.24) is 10.2 Å². The van der Waals surface area contributed by atoms with E-state index < -0.39 is 6.09 Å². The maximum absolute atomic E-state index is 13.0. The van der Waals surface area contributed by atoms with Crippen LogP contribution in [0.4, 0.5) is 9.18 Å². The summed E-state index contributed by atoms with van der Waals surface area (Å²) < 4.78 is 18.4. The van der Waals surface area contributed by atoms with Crippen molar-refractivity contribution in [3.05, 3.63) is 63.9 Å². The number of hydrogen-bond acceptors (Lipinski definition) is 3. The van der Waals surface area contributed by atoms with E-state index in [1.165, 1.54) is 24.3 Å². The zero-order valence-electron chi connectivity index (χ0n) is 14.2. The van der Waals surface area contributed by atoms with Crippen molar-refractivity contribution < 1.29 is 13.9 Å². The quantitative estimate of drug-likeness (QED) is 0.813. The van der Waals surface area contributed by atoms with Gasteiger partial charge in [0.2, 0.25) is 0 Å². The topological polar surface area (TPSA) is 41.6 Å². The number of rotatable bonds is 4. The monoisotopic (exact) mass is 396 g/mol. The second-order valence-corrected chi connectivity index (χ2v) is 6.93. The third-order valence-electron chi connectivity index (χ3n) is 4.55. The number of amides is 1. The lowest BCUT2D eigenvalue weighted by Gasteiger charge is -2.31. The molecule has 0 spiro atoms. The molecule has 1 aliphatic heterocycles. The van der Waals surface area contributed by atoms with Crippen molar-refractivity contribution >= 4 is 29.3 Å². The minimum atomic E-state index is -0.460. The Kier molecular flexibility index (Phi) is 6.01. The van der Waals surface area contributed by atoms with Gasteiger partial charge in [-0.25, -0.2) is 9.18 Å². The van der Waals surface area contributed by atoms with Gasteiger partial charge in [-0.15, -0.1) is 0 Å². The van der Waals surface area contributed by atoms with Gasteiger partial charge in [-0.3, -0.25) is 0 Å². The normalized spacial score (nSPS) is 19.4. The number of carbonyl (C=O) groups excluding carboxylic acids is 1. The summed E-state index contributed by atoms with van der Waals surface area (Å²) in [5.41, 5.74) is 1.02. The first-order chi connectivity index (χ1) is 12.5. The minimum absolute atomic E-state index is 0.0745. The minimum Gasteiger partial charge on any atom is -0.410 e. The number of likely N-dealkylation sites (N-methyl/N-ethyl adjacent to an activating group) is 1. The van der Waals surface area contributed by atoms with Gasteiger partial charge >= 0.3 is 6.09 Å². The fourth-order valence-corrected chi connectivity index (χ4v) is 3.54. The molecular formula is C19H19Cl2FN2O2. The lowest BCUT2D eigenvalue weighted by molar-refractivity contribution is 0.134. The molecule has 2 aromatic carbocycles. The summed E-state index contributed by atoms with van der Waals surface area (Å²) in [6.45, 7) is 3.76. The molecule has 0 aliphatic carbocycles. The first-order valence-corrected chi connectivity index (χ1v) is 9.15. The Bertz CT molecular complexity index is 786. The van der Waals surface area contributed by atoms with Crippen molar-refractivity contribution in [2.75, 3.05) is 19.6 Å². The van der Waals surface area contributed by atoms with Gasteiger partial charge in [0.05, 0.1) is 16.1 Å². The van der Waals surface area contributed by atoms with Crippen molar-refractivity contribution in [2.24, 2.45) is 0 Å². The maximum Gasteiger partial charge on any atom is 0.415 e. The summed E-state index contributed by atoms with van der Waals surface area (Å²) in [4.78, 5) is 14.3. The second-order valence-electron chi connectivity index (χ2n) is 6.11. The number of benzene rings is 2. The van der Waals surface area contributed by atoms with E-state index in [2.05, 4.69) is 5.32 Å². The zero-order valence-corrected chi connectivity index (χ0v) is 15.7. The van der Waals surface area contributed by atoms with Crippen LogP contribution in [0.3, 0.4) is 0 Å². The molecule has 0 bridgehead atoms. The van der Waals surface area contributed by atoms with Crippen molar-refractivity contribution in [1.29, 1.82) is 0 Å². The van der Waals surface area contributed by atoms with E-state index >= 15 is 0 Å². The molecule has 1 heterocycles. The molecule has 2 atom stereocenters. The highest BCUT2D eigenvalue weighted by molar-refractivity contribution is 6.42. The van der Waals surface area contributed by atoms with Crippen molar-refractivity contribution in [3.8, 4) is 5.75 Å². The van der Waals surface area contributed by atoms with Crippen LogP contribution in [0.1, 0.15) is 18.4 Å². The third kappa shape index (κ3) is 4.11. The highest BCUT2D eigenvalue weighted by Gasteiger charge is 2.36. The molecule has 7 heteroatoms. The predicted molar refractivity (Wildman–Crippen MR) is 101 cm³/mol. The Labute approximate surface area is 161 Å². The molecule has 2 unspecified atom stereocenters. The number of hydrogen-bond donors (Lipinski definition) is 1. The van der Waals surface area contributed by atoms with Gasteiger partial charge in [0.25, 0.3) is 0 Å². The van der Waals surface area contributed by atoms with Crippen LogP contribution in [-0.2, 0) is 0 Å². The molecule has 3 rings (SSSR count). The summed E-state index contributed by atoms with van der Waals surface area (Å²) >= 11 is 12.2. The van der Waals surface area contributed by atoms with E-state index in [1.54, 1.807) is 11.0 Å². The lowest BCUT2D eigenvalue weighted by atomic mass is 9.93. The Morgan fingerprint density at radius 1 is 1.19 bits per heavy atom. The molecule has 0 saturated carbocycles. The van der Waals surface area contributed by atoms with Crippen molar-refractivity contribution in [2.45, 2.75) is 18.9 Å². The molecule has 1 N–H and O–H groups in total. The third-order valence-corrected chi connectivity index (χ3v) is 5.29. The summed E-state index contributed by atoms with van der Waals surface area (Å²) in [7, 11) is 0. The molecule has 1 saturated heterocycles. The van der Waals surface area contributed by atoms with Crippen LogP contribution < -0.4 is 10.1 Å². The standard InChI is InChI=1S/C19H19Cl2FN2O2/c1-2-24(19(25)26-14-6-4-13(22)5-7-14)18-11-23-10-15(18)12-3-8-16(20)17(21)9-12/h3-9,15,18,23H,2,10-11H2,1H3. The number of nitrogens with one attached hydrogen (secondary N) is 1. The van der Waals surface area contributed by atoms with Crippen LogP contribution in [0.25, 0.3) is 0 Å². The van der Waals surface area contributed by atoms with Gasteiger partial charge in [-0.2, -0.15) is 0 Å². The maximum atomic E-state index is 13.0. The van der Waals surface area contributed by atoms with Gasteiger partial charge in [0.1, 0.15) is 11.6 Å². The first-order valence-electron chi connectivity index (χ1n) is 8.39. The smallest absolute Gasteiger partial charge is 0.410 e. The summed E-state index contributed by atoms with van der Waals surface area (Å²) in [5.74, 6) is 0.00852. The number of carbonyl (C=O) groups is 1. The number of nitrogens with zero attached hydrogens (tertiary/aromatic N) is 1. The molecule has 138 valence electrons. The Hall–Kier alpha value is -1.82. The van der Waals surface area contributed by atoms with Crippen molar-refractivity contribution in [3.63, 3.8) is 0 Å². The SMILES string of the molecule is CCN(C(=O)Oc1ccc(F)cc1)C1CNCC1c1ccc(Cl)c(Cl)c1. The van der Waals surface area contributed by atoms with Gasteiger partial charge in [0.15, 0.2) is 0 Å². The van der Waals surface area contributed by atoms with Gasteiger partial charge in [0, 0.05) is 25.6 Å². The van der Waals surface area contributed by atoms with Crippen LogP contribution in [0.5, 0.6) is 5.75 Å². The fourth-order valence-electron chi connectivity index (χ4n) is 3.24. The van der Waals surface area contributed by atoms with E-state index in [1.807, 2.05) is 19.1 Å². The van der Waals surface area contributed by atoms with E-state index in [9.17, 15) is 9.18 Å². The molecule has 2 aromatic rings. The molecule has 1 aliphatic rings.